The summed E-state index contributed by atoms with van der Waals surface area (Å²) in [4.78, 5) is 13.1. The molecular formula is C15H20N6O. The van der Waals surface area contributed by atoms with Gasteiger partial charge in [0.05, 0.1) is 6.10 Å². The van der Waals surface area contributed by atoms with E-state index in [0.717, 1.165) is 30.3 Å². The minimum Gasteiger partial charge on any atom is -0.393 e. The van der Waals surface area contributed by atoms with Crippen LogP contribution >= 0.6 is 0 Å². The predicted molar refractivity (Wildman–Crippen MR) is 80.4 cm³/mol. The highest BCUT2D eigenvalue weighted by Crippen LogP contribution is 2.38. The maximum atomic E-state index is 10.3. The van der Waals surface area contributed by atoms with Gasteiger partial charge in [-0.15, -0.1) is 0 Å². The number of rotatable bonds is 5. The number of H-pyrrole nitrogens is 1. The summed E-state index contributed by atoms with van der Waals surface area (Å²) in [5, 5.41) is 20.4. The molecule has 0 amide bonds. The average Bonchev–Trinajstić information content (AvgIpc) is 3.11. The maximum absolute atomic E-state index is 10.3. The van der Waals surface area contributed by atoms with Crippen LogP contribution in [0.15, 0.2) is 18.6 Å². The summed E-state index contributed by atoms with van der Waals surface area (Å²) in [6.45, 7) is 0.715. The molecule has 2 heterocycles. The lowest BCUT2D eigenvalue weighted by Gasteiger charge is -2.15. The summed E-state index contributed by atoms with van der Waals surface area (Å²) in [6.07, 6.45) is 7.06. The number of nitrogens with zero attached hydrogens (tertiary/aromatic N) is 4. The van der Waals surface area contributed by atoms with Crippen molar-refractivity contribution < 1.29 is 5.11 Å². The first-order valence-corrected chi connectivity index (χ1v) is 7.89. The molecule has 2 fully saturated rings. The van der Waals surface area contributed by atoms with E-state index in [1.807, 2.05) is 12.3 Å². The number of aliphatic hydroxyl groups is 1. The van der Waals surface area contributed by atoms with Crippen LogP contribution < -0.4 is 5.32 Å². The van der Waals surface area contributed by atoms with E-state index in [9.17, 15) is 5.11 Å². The van der Waals surface area contributed by atoms with E-state index in [-0.39, 0.29) is 17.9 Å². The van der Waals surface area contributed by atoms with Gasteiger partial charge in [-0.05, 0) is 31.7 Å². The summed E-state index contributed by atoms with van der Waals surface area (Å²) in [7, 11) is 0. The molecule has 0 unspecified atom stereocenters. The molecule has 0 bridgehead atoms. The Morgan fingerprint density at radius 3 is 2.91 bits per heavy atom. The molecule has 7 heteroatoms. The highest BCUT2D eigenvalue weighted by molar-refractivity contribution is 5.34. The summed E-state index contributed by atoms with van der Waals surface area (Å²) < 4.78 is 0. The Bertz CT molecular complexity index is 627. The first-order chi connectivity index (χ1) is 10.8. The van der Waals surface area contributed by atoms with Crippen molar-refractivity contribution in [2.75, 3.05) is 11.9 Å². The second-order valence-corrected chi connectivity index (χ2v) is 6.32. The smallest absolute Gasteiger partial charge is 0.137 e. The molecule has 2 aliphatic carbocycles. The highest BCUT2D eigenvalue weighted by atomic mass is 16.3. The zero-order valence-corrected chi connectivity index (χ0v) is 12.3. The first-order valence-electron chi connectivity index (χ1n) is 7.89. The standard InChI is InChI=1S/C15H20N6O/c22-12-6-10(15-18-8-19-21-15)5-11(12)7-17-13-3-4-16-14(20-13)9-1-2-9/h3-4,8-12,22H,1-2,5-7H2,(H,16,17,20)(H,18,19,21)/t10-,11+,12+/m0/s1. The van der Waals surface area contributed by atoms with Crippen molar-refractivity contribution in [1.29, 1.82) is 0 Å². The van der Waals surface area contributed by atoms with Gasteiger partial charge >= 0.3 is 0 Å². The van der Waals surface area contributed by atoms with Gasteiger partial charge in [0.1, 0.15) is 23.8 Å². The van der Waals surface area contributed by atoms with Gasteiger partial charge in [0, 0.05) is 30.5 Å². The third-order valence-corrected chi connectivity index (χ3v) is 4.64. The number of hydrogen-bond donors (Lipinski definition) is 3. The fraction of sp³-hybridized carbons (Fsp3) is 0.600. The SMILES string of the molecule is O[C@@H]1C[C@@H](c2ncn[nH]2)C[C@@H]1CNc1ccnc(C2CC2)n1. The van der Waals surface area contributed by atoms with Crippen LogP contribution in [0.2, 0.25) is 0 Å². The summed E-state index contributed by atoms with van der Waals surface area (Å²) in [5.41, 5.74) is 0. The van der Waals surface area contributed by atoms with Gasteiger partial charge < -0.3 is 10.4 Å². The number of anilines is 1. The van der Waals surface area contributed by atoms with Crippen molar-refractivity contribution in [2.24, 2.45) is 5.92 Å². The van der Waals surface area contributed by atoms with E-state index in [4.69, 9.17) is 0 Å². The molecule has 116 valence electrons. The van der Waals surface area contributed by atoms with Gasteiger partial charge in [0.2, 0.25) is 0 Å². The Morgan fingerprint density at radius 2 is 2.14 bits per heavy atom. The van der Waals surface area contributed by atoms with Gasteiger partial charge in [0.15, 0.2) is 0 Å². The van der Waals surface area contributed by atoms with Crippen molar-refractivity contribution >= 4 is 5.82 Å². The van der Waals surface area contributed by atoms with Crippen molar-refractivity contribution in [1.82, 2.24) is 25.1 Å². The largest absolute Gasteiger partial charge is 0.393 e. The van der Waals surface area contributed by atoms with E-state index in [1.165, 1.54) is 19.2 Å². The molecule has 7 nitrogen and oxygen atoms in total. The van der Waals surface area contributed by atoms with Crippen LogP contribution in [0.5, 0.6) is 0 Å². The van der Waals surface area contributed by atoms with Gasteiger partial charge in [-0.1, -0.05) is 0 Å². The molecule has 0 aliphatic heterocycles. The van der Waals surface area contributed by atoms with Gasteiger partial charge in [-0.25, -0.2) is 15.0 Å². The third kappa shape index (κ3) is 2.81. The van der Waals surface area contributed by atoms with E-state index < -0.39 is 0 Å². The molecule has 0 radical (unpaired) electrons. The Labute approximate surface area is 128 Å². The zero-order valence-electron chi connectivity index (χ0n) is 12.3. The third-order valence-electron chi connectivity index (χ3n) is 4.64. The van der Waals surface area contributed by atoms with Crippen molar-refractivity contribution in [3.8, 4) is 0 Å². The van der Waals surface area contributed by atoms with Crippen molar-refractivity contribution in [2.45, 2.75) is 43.6 Å². The zero-order chi connectivity index (χ0) is 14.9. The van der Waals surface area contributed by atoms with E-state index in [0.29, 0.717) is 12.5 Å². The van der Waals surface area contributed by atoms with Crippen LogP contribution in [-0.4, -0.2) is 42.9 Å². The lowest BCUT2D eigenvalue weighted by atomic mass is 10.0. The molecule has 2 aromatic rings. The molecule has 0 spiro atoms. The van der Waals surface area contributed by atoms with Crippen LogP contribution in [0.3, 0.4) is 0 Å². The molecule has 3 N–H and O–H groups in total. The number of aromatic nitrogens is 5. The topological polar surface area (TPSA) is 99.6 Å². The van der Waals surface area contributed by atoms with Gasteiger partial charge in [-0.3, -0.25) is 5.10 Å². The molecular weight excluding hydrogens is 280 g/mol. The normalized spacial score (nSPS) is 28.0. The minimum absolute atomic E-state index is 0.203. The molecule has 0 aromatic carbocycles. The fourth-order valence-corrected chi connectivity index (χ4v) is 3.20. The lowest BCUT2D eigenvalue weighted by molar-refractivity contribution is 0.137. The molecule has 2 aliphatic rings. The highest BCUT2D eigenvalue weighted by Gasteiger charge is 2.35. The average molecular weight is 300 g/mol. The van der Waals surface area contributed by atoms with Gasteiger partial charge in [-0.2, -0.15) is 5.10 Å². The summed E-state index contributed by atoms with van der Waals surface area (Å²) in [5.74, 6) is 3.68. The lowest BCUT2D eigenvalue weighted by Crippen LogP contribution is -2.22. The van der Waals surface area contributed by atoms with Crippen molar-refractivity contribution in [3.05, 3.63) is 30.2 Å². The van der Waals surface area contributed by atoms with Crippen LogP contribution in [-0.2, 0) is 0 Å². The van der Waals surface area contributed by atoms with E-state index >= 15 is 0 Å². The Kier molecular flexibility index (Phi) is 3.49. The fourth-order valence-electron chi connectivity index (χ4n) is 3.20. The molecule has 22 heavy (non-hydrogen) atoms. The van der Waals surface area contributed by atoms with Gasteiger partial charge in [0.25, 0.3) is 0 Å². The minimum atomic E-state index is -0.313. The van der Waals surface area contributed by atoms with Crippen LogP contribution in [0, 0.1) is 5.92 Å². The van der Waals surface area contributed by atoms with Crippen LogP contribution in [0.1, 0.15) is 49.2 Å². The monoisotopic (exact) mass is 300 g/mol. The number of aliphatic hydroxyl groups excluding tert-OH is 1. The summed E-state index contributed by atoms with van der Waals surface area (Å²) in [6, 6.07) is 1.89. The first kappa shape index (κ1) is 13.6. The maximum Gasteiger partial charge on any atom is 0.137 e. The predicted octanol–water partition coefficient (Wildman–Crippen LogP) is 1.44. The number of aromatic amines is 1. The van der Waals surface area contributed by atoms with Crippen molar-refractivity contribution in [3.63, 3.8) is 0 Å². The Balaban J connectivity index is 1.36. The van der Waals surface area contributed by atoms with E-state index in [1.54, 1.807) is 0 Å². The van der Waals surface area contributed by atoms with E-state index in [2.05, 4.69) is 30.5 Å². The number of nitrogens with one attached hydrogen (secondary N) is 2. The molecule has 3 atom stereocenters. The Morgan fingerprint density at radius 1 is 1.23 bits per heavy atom. The molecule has 2 aromatic heterocycles. The summed E-state index contributed by atoms with van der Waals surface area (Å²) >= 11 is 0. The second-order valence-electron chi connectivity index (χ2n) is 6.32. The quantitative estimate of drug-likeness (QED) is 0.772. The Hall–Kier alpha value is -2.02. The molecule has 0 saturated heterocycles. The second kappa shape index (κ2) is 5.64. The van der Waals surface area contributed by atoms with Crippen LogP contribution in [0.25, 0.3) is 0 Å². The number of hydrogen-bond acceptors (Lipinski definition) is 6. The molecule has 2 saturated carbocycles. The van der Waals surface area contributed by atoms with Crippen LogP contribution in [0.4, 0.5) is 5.82 Å². The molecule has 4 rings (SSSR count).